The first-order valence-electron chi connectivity index (χ1n) is 7.69. The van der Waals surface area contributed by atoms with Crippen molar-refractivity contribution in [1.82, 2.24) is 25.3 Å². The fourth-order valence-corrected chi connectivity index (χ4v) is 2.64. The standard InChI is InChI=1S/C17H12F3N5O/c18-17(19,20)16-24-12-6-5-9(7-13(12)25-16)15(26)21-8-14-22-10-3-1-2-4-11(10)23-14/h1-7H,8H2,(H,21,26)(H,22,23)(H,24,25). The van der Waals surface area contributed by atoms with E-state index < -0.39 is 17.9 Å². The summed E-state index contributed by atoms with van der Waals surface area (Å²) in [6, 6.07) is 11.6. The zero-order valence-corrected chi connectivity index (χ0v) is 13.2. The summed E-state index contributed by atoms with van der Waals surface area (Å²) in [5, 5.41) is 2.69. The molecular weight excluding hydrogens is 347 g/mol. The van der Waals surface area contributed by atoms with Crippen molar-refractivity contribution >= 4 is 28.0 Å². The van der Waals surface area contributed by atoms with Crippen LogP contribution in [0.5, 0.6) is 0 Å². The third-order valence-electron chi connectivity index (χ3n) is 3.87. The molecule has 6 nitrogen and oxygen atoms in total. The number of carbonyl (C=O) groups excluding carboxylic acids is 1. The molecule has 2 aromatic heterocycles. The number of aromatic amines is 2. The molecule has 132 valence electrons. The minimum absolute atomic E-state index is 0.145. The number of hydrogen-bond acceptors (Lipinski definition) is 3. The lowest BCUT2D eigenvalue weighted by Crippen LogP contribution is -2.23. The summed E-state index contributed by atoms with van der Waals surface area (Å²) < 4.78 is 38.1. The van der Waals surface area contributed by atoms with Crippen molar-refractivity contribution < 1.29 is 18.0 Å². The van der Waals surface area contributed by atoms with Crippen LogP contribution in [-0.4, -0.2) is 25.8 Å². The summed E-state index contributed by atoms with van der Waals surface area (Å²) in [5.74, 6) is -0.927. The topological polar surface area (TPSA) is 86.5 Å². The zero-order chi connectivity index (χ0) is 18.3. The number of para-hydroxylation sites is 2. The van der Waals surface area contributed by atoms with E-state index in [0.717, 1.165) is 11.0 Å². The molecule has 0 spiro atoms. The van der Waals surface area contributed by atoms with Gasteiger partial charge < -0.3 is 15.3 Å². The normalized spacial score (nSPS) is 12.0. The largest absolute Gasteiger partial charge is 0.449 e. The molecule has 26 heavy (non-hydrogen) atoms. The van der Waals surface area contributed by atoms with E-state index in [1.54, 1.807) is 0 Å². The van der Waals surface area contributed by atoms with Crippen molar-refractivity contribution in [1.29, 1.82) is 0 Å². The van der Waals surface area contributed by atoms with Gasteiger partial charge in [0.15, 0.2) is 0 Å². The van der Waals surface area contributed by atoms with Gasteiger partial charge in [-0.2, -0.15) is 13.2 Å². The molecule has 2 heterocycles. The number of fused-ring (bicyclic) bond motifs is 2. The Labute approximate surface area is 144 Å². The Kier molecular flexibility index (Phi) is 3.64. The Morgan fingerprint density at radius 1 is 1.00 bits per heavy atom. The zero-order valence-electron chi connectivity index (χ0n) is 13.2. The number of alkyl halides is 3. The third-order valence-corrected chi connectivity index (χ3v) is 3.87. The highest BCUT2D eigenvalue weighted by Gasteiger charge is 2.34. The van der Waals surface area contributed by atoms with Gasteiger partial charge in [-0.25, -0.2) is 9.97 Å². The molecule has 0 fully saturated rings. The van der Waals surface area contributed by atoms with E-state index in [-0.39, 0.29) is 23.1 Å². The van der Waals surface area contributed by atoms with Gasteiger partial charge in [0.2, 0.25) is 5.82 Å². The highest BCUT2D eigenvalue weighted by Crippen LogP contribution is 2.28. The van der Waals surface area contributed by atoms with Crippen molar-refractivity contribution in [3.05, 3.63) is 59.7 Å². The van der Waals surface area contributed by atoms with Gasteiger partial charge in [-0.05, 0) is 30.3 Å². The first-order valence-corrected chi connectivity index (χ1v) is 7.69. The second-order valence-electron chi connectivity index (χ2n) is 5.70. The van der Waals surface area contributed by atoms with Crippen LogP contribution in [-0.2, 0) is 12.7 Å². The second kappa shape index (κ2) is 5.87. The summed E-state index contributed by atoms with van der Waals surface area (Å²) >= 11 is 0. The maximum absolute atomic E-state index is 12.7. The number of nitrogens with one attached hydrogen (secondary N) is 3. The minimum atomic E-state index is -4.57. The van der Waals surface area contributed by atoms with Crippen molar-refractivity contribution in [2.75, 3.05) is 0 Å². The summed E-state index contributed by atoms with van der Waals surface area (Å²) in [7, 11) is 0. The van der Waals surface area contributed by atoms with Gasteiger partial charge in [0.25, 0.3) is 5.91 Å². The first-order chi connectivity index (χ1) is 12.4. The maximum Gasteiger partial charge on any atom is 0.449 e. The van der Waals surface area contributed by atoms with Gasteiger partial charge >= 0.3 is 6.18 Å². The van der Waals surface area contributed by atoms with Gasteiger partial charge in [0.05, 0.1) is 28.6 Å². The van der Waals surface area contributed by atoms with Gasteiger partial charge in [0.1, 0.15) is 5.82 Å². The number of rotatable bonds is 3. The summed E-state index contributed by atoms with van der Waals surface area (Å²) in [6.07, 6.45) is -4.57. The molecule has 0 atom stereocenters. The van der Waals surface area contributed by atoms with Gasteiger partial charge in [-0.3, -0.25) is 4.79 Å². The minimum Gasteiger partial charge on any atom is -0.345 e. The highest BCUT2D eigenvalue weighted by molar-refractivity contribution is 5.97. The number of benzene rings is 2. The van der Waals surface area contributed by atoms with Crippen molar-refractivity contribution in [2.45, 2.75) is 12.7 Å². The van der Waals surface area contributed by atoms with Crippen LogP contribution >= 0.6 is 0 Å². The van der Waals surface area contributed by atoms with Crippen LogP contribution < -0.4 is 5.32 Å². The van der Waals surface area contributed by atoms with Crippen LogP contribution in [0, 0.1) is 0 Å². The molecule has 0 aliphatic heterocycles. The summed E-state index contributed by atoms with van der Waals surface area (Å²) in [4.78, 5) is 25.4. The van der Waals surface area contributed by atoms with Gasteiger partial charge in [-0.15, -0.1) is 0 Å². The number of carbonyl (C=O) groups is 1. The predicted octanol–water partition coefficient (Wildman–Crippen LogP) is 3.39. The average Bonchev–Trinajstić information content (AvgIpc) is 3.22. The fourth-order valence-electron chi connectivity index (χ4n) is 2.64. The lowest BCUT2D eigenvalue weighted by atomic mass is 10.2. The second-order valence-corrected chi connectivity index (χ2v) is 5.70. The Bertz CT molecular complexity index is 1080. The lowest BCUT2D eigenvalue weighted by Gasteiger charge is -2.03. The number of imidazole rings is 2. The lowest BCUT2D eigenvalue weighted by molar-refractivity contribution is -0.144. The molecule has 0 radical (unpaired) electrons. The van der Waals surface area contributed by atoms with E-state index in [1.807, 2.05) is 24.3 Å². The molecule has 4 rings (SSSR count). The molecule has 0 saturated carbocycles. The van der Waals surface area contributed by atoms with Crippen LogP contribution in [0.1, 0.15) is 22.0 Å². The van der Waals surface area contributed by atoms with E-state index in [1.165, 1.54) is 18.2 Å². The SMILES string of the molecule is O=C(NCc1nc2ccccc2[nH]1)c1ccc2nc(C(F)(F)F)[nH]c2c1. The van der Waals surface area contributed by atoms with E-state index in [9.17, 15) is 18.0 Å². The van der Waals surface area contributed by atoms with E-state index in [4.69, 9.17) is 0 Å². The number of nitrogens with zero attached hydrogens (tertiary/aromatic N) is 2. The molecule has 2 aromatic carbocycles. The molecule has 0 bridgehead atoms. The summed E-state index contributed by atoms with van der Waals surface area (Å²) in [6.45, 7) is 0.169. The molecular formula is C17H12F3N5O. The molecule has 9 heteroatoms. The van der Waals surface area contributed by atoms with Gasteiger partial charge in [-0.1, -0.05) is 12.1 Å². The number of H-pyrrole nitrogens is 2. The Balaban J connectivity index is 1.52. The van der Waals surface area contributed by atoms with Crippen LogP contribution in [0.2, 0.25) is 0 Å². The van der Waals surface area contributed by atoms with Gasteiger partial charge in [0, 0.05) is 5.56 Å². The quantitative estimate of drug-likeness (QED) is 0.524. The molecule has 0 saturated heterocycles. The van der Waals surface area contributed by atoms with E-state index in [0.29, 0.717) is 5.82 Å². The van der Waals surface area contributed by atoms with Crippen molar-refractivity contribution in [2.24, 2.45) is 0 Å². The number of hydrogen-bond donors (Lipinski definition) is 3. The Morgan fingerprint density at radius 3 is 2.54 bits per heavy atom. The van der Waals surface area contributed by atoms with E-state index in [2.05, 4.69) is 25.3 Å². The van der Waals surface area contributed by atoms with Crippen LogP contribution in [0.25, 0.3) is 22.1 Å². The molecule has 4 aromatic rings. The predicted molar refractivity (Wildman–Crippen MR) is 88.4 cm³/mol. The van der Waals surface area contributed by atoms with Crippen LogP contribution in [0.3, 0.4) is 0 Å². The monoisotopic (exact) mass is 359 g/mol. The summed E-state index contributed by atoms with van der Waals surface area (Å²) in [5.41, 5.74) is 2.16. The molecule has 0 aliphatic rings. The molecule has 1 amide bonds. The van der Waals surface area contributed by atoms with Crippen molar-refractivity contribution in [3.63, 3.8) is 0 Å². The number of aromatic nitrogens is 4. The first kappa shape index (κ1) is 16.1. The average molecular weight is 359 g/mol. The van der Waals surface area contributed by atoms with E-state index >= 15 is 0 Å². The number of amides is 1. The fraction of sp³-hybridized carbons (Fsp3) is 0.118. The van der Waals surface area contributed by atoms with Crippen LogP contribution in [0.15, 0.2) is 42.5 Å². The van der Waals surface area contributed by atoms with Crippen LogP contribution in [0.4, 0.5) is 13.2 Å². The Morgan fingerprint density at radius 2 is 1.77 bits per heavy atom. The molecule has 0 unspecified atom stereocenters. The highest BCUT2D eigenvalue weighted by atomic mass is 19.4. The number of halogens is 3. The third kappa shape index (κ3) is 2.99. The molecule has 0 aliphatic carbocycles. The Hall–Kier alpha value is -3.36. The van der Waals surface area contributed by atoms with Crippen molar-refractivity contribution in [3.8, 4) is 0 Å². The smallest absolute Gasteiger partial charge is 0.345 e. The maximum atomic E-state index is 12.7. The molecule has 3 N–H and O–H groups in total.